The molecular weight excluding hydrogens is 655 g/mol. The van der Waals surface area contributed by atoms with Crippen molar-refractivity contribution in [1.82, 2.24) is 19.8 Å². The number of hydrogen-bond donors (Lipinski definition) is 2. The average Bonchev–Trinajstić information content (AvgIpc) is 3.55. The van der Waals surface area contributed by atoms with Gasteiger partial charge in [-0.2, -0.15) is 22.0 Å². The molecule has 47 heavy (non-hydrogen) atoms. The summed E-state index contributed by atoms with van der Waals surface area (Å²) in [7, 11) is 0. The van der Waals surface area contributed by atoms with Crippen LogP contribution in [0, 0.1) is 17.8 Å². The number of nitrogens with zero attached hydrogens (tertiary/aromatic N) is 2. The second-order valence-electron chi connectivity index (χ2n) is 11.6. The Balaban J connectivity index is 2.06. The second kappa shape index (κ2) is 15.6. The van der Waals surface area contributed by atoms with Gasteiger partial charge in [0.15, 0.2) is 0 Å². The van der Waals surface area contributed by atoms with Crippen molar-refractivity contribution in [2.75, 3.05) is 38.6 Å². The molecule has 1 aromatic carbocycles. The van der Waals surface area contributed by atoms with Gasteiger partial charge in [0.1, 0.15) is 6.04 Å². The van der Waals surface area contributed by atoms with Gasteiger partial charge in [0.05, 0.1) is 24.8 Å². The zero-order chi connectivity index (χ0) is 35.3. The molecular formula is C30H37F5N4O7S. The van der Waals surface area contributed by atoms with Crippen molar-refractivity contribution < 1.29 is 55.4 Å². The Morgan fingerprint density at radius 3 is 2.04 bits per heavy atom. The summed E-state index contributed by atoms with van der Waals surface area (Å²) >= 11 is 1.08. The highest BCUT2D eigenvalue weighted by Gasteiger charge is 2.64. The van der Waals surface area contributed by atoms with E-state index in [1.807, 2.05) is 0 Å². The monoisotopic (exact) mass is 692 g/mol. The summed E-state index contributed by atoms with van der Waals surface area (Å²) in [6.45, 7) is 7.38. The molecule has 0 saturated carbocycles. The zero-order valence-corrected chi connectivity index (χ0v) is 27.2. The van der Waals surface area contributed by atoms with E-state index < -0.39 is 71.0 Å². The van der Waals surface area contributed by atoms with E-state index in [2.05, 4.69) is 14.8 Å². The van der Waals surface area contributed by atoms with Crippen LogP contribution in [-0.4, -0.2) is 96.1 Å². The maximum Gasteiger partial charge on any atom is 0.461 e. The van der Waals surface area contributed by atoms with Crippen molar-refractivity contribution >= 4 is 41.5 Å². The number of ether oxygens (including phenoxy) is 2. The van der Waals surface area contributed by atoms with Crippen molar-refractivity contribution in [2.24, 2.45) is 17.8 Å². The first-order chi connectivity index (χ1) is 21.9. The van der Waals surface area contributed by atoms with Crippen molar-refractivity contribution in [1.29, 1.82) is 0 Å². The number of amides is 4. The molecule has 11 nitrogen and oxygen atoms in total. The van der Waals surface area contributed by atoms with E-state index in [0.717, 1.165) is 25.8 Å². The standard InChI is InChI=1S/C30H37F5N4O7S/c1-16(2)22(37-25(41)19-6-8-20(9-7-19)26(42)38-10-12-45-13-11-38)28(44)39(27(43)21-14-36-47-15-21)23(17(3)4)24(46-18(5)40)29(31,32)30(33,34)35/h6-9,16-17,21-22,36H,10-15H2,1-5H3,(H,37,41)/b24-23-/t21?,22-/m0/s1. The Bertz CT molecular complexity index is 1370. The van der Waals surface area contributed by atoms with E-state index in [4.69, 9.17) is 4.74 Å². The van der Waals surface area contributed by atoms with Crippen LogP contribution >= 0.6 is 11.9 Å². The summed E-state index contributed by atoms with van der Waals surface area (Å²) in [6.07, 6.45) is -6.26. The first-order valence-electron chi connectivity index (χ1n) is 14.8. The lowest BCUT2D eigenvalue weighted by Crippen LogP contribution is -2.55. The molecule has 2 saturated heterocycles. The fourth-order valence-electron chi connectivity index (χ4n) is 4.83. The van der Waals surface area contributed by atoms with Gasteiger partial charge in [0.25, 0.3) is 17.7 Å². The molecule has 260 valence electrons. The number of carbonyl (C=O) groups excluding carboxylic acids is 5. The minimum absolute atomic E-state index is 0.0000730. The summed E-state index contributed by atoms with van der Waals surface area (Å²) in [5.74, 6) is -16.2. The molecule has 0 bridgehead atoms. The fourth-order valence-corrected chi connectivity index (χ4v) is 5.73. The molecule has 0 aromatic heterocycles. The summed E-state index contributed by atoms with van der Waals surface area (Å²) in [5, 5.41) is 2.46. The van der Waals surface area contributed by atoms with Gasteiger partial charge in [0, 0.05) is 43.4 Å². The maximum atomic E-state index is 15.0. The van der Waals surface area contributed by atoms with E-state index in [1.54, 1.807) is 4.90 Å². The van der Waals surface area contributed by atoms with Gasteiger partial charge >= 0.3 is 18.1 Å². The Labute approximate surface area is 272 Å². The quantitative estimate of drug-likeness (QED) is 0.163. The number of nitrogens with one attached hydrogen (secondary N) is 2. The smallest absolute Gasteiger partial charge is 0.422 e. The van der Waals surface area contributed by atoms with Crippen LogP contribution in [0.2, 0.25) is 0 Å². The molecule has 2 heterocycles. The number of benzene rings is 1. The van der Waals surface area contributed by atoms with Crippen LogP contribution in [0.4, 0.5) is 22.0 Å². The number of morpholine rings is 1. The minimum Gasteiger partial charge on any atom is -0.422 e. The van der Waals surface area contributed by atoms with Gasteiger partial charge in [-0.15, -0.1) is 0 Å². The summed E-state index contributed by atoms with van der Waals surface area (Å²) in [4.78, 5) is 67.7. The van der Waals surface area contributed by atoms with E-state index in [9.17, 15) is 37.1 Å². The third kappa shape index (κ3) is 8.87. The number of esters is 1. The zero-order valence-electron chi connectivity index (χ0n) is 26.4. The summed E-state index contributed by atoms with van der Waals surface area (Å²) < 4.78 is 83.6. The normalized spacial score (nSPS) is 18.5. The molecule has 0 aliphatic carbocycles. The number of allylic oxidation sites excluding steroid dienone is 2. The van der Waals surface area contributed by atoms with E-state index in [0.29, 0.717) is 33.2 Å². The Morgan fingerprint density at radius 1 is 1.00 bits per heavy atom. The summed E-state index contributed by atoms with van der Waals surface area (Å²) in [5.41, 5.74) is -0.879. The highest BCUT2D eigenvalue weighted by molar-refractivity contribution is 7.97. The van der Waals surface area contributed by atoms with Gasteiger partial charge in [0.2, 0.25) is 11.7 Å². The molecule has 2 aliphatic rings. The number of imide groups is 1. The molecule has 3 rings (SSSR count). The topological polar surface area (TPSA) is 134 Å². The SMILES string of the molecule is CC(=O)O/C(=C(/C(C)C)N(C(=O)C1CNSC1)C(=O)[C@@H](NC(=O)c1ccc(C(=O)N2CCOCC2)cc1)C(C)C)C(F)(F)C(F)(F)F. The lowest BCUT2D eigenvalue weighted by Gasteiger charge is -2.35. The molecule has 2 N–H and O–H groups in total. The third-order valence-corrected chi connectivity index (χ3v) is 8.27. The lowest BCUT2D eigenvalue weighted by atomic mass is 9.97. The van der Waals surface area contributed by atoms with Crippen LogP contribution < -0.4 is 10.0 Å². The van der Waals surface area contributed by atoms with Gasteiger partial charge in [-0.3, -0.25) is 28.7 Å². The van der Waals surface area contributed by atoms with E-state index in [-0.39, 0.29) is 34.2 Å². The van der Waals surface area contributed by atoms with Gasteiger partial charge in [-0.1, -0.05) is 39.6 Å². The van der Waals surface area contributed by atoms with Crippen LogP contribution in [0.3, 0.4) is 0 Å². The predicted octanol–water partition coefficient (Wildman–Crippen LogP) is 3.76. The Hall–Kier alpha value is -3.57. The lowest BCUT2D eigenvalue weighted by molar-refractivity contribution is -0.276. The van der Waals surface area contributed by atoms with E-state index >= 15 is 8.78 Å². The molecule has 0 radical (unpaired) electrons. The van der Waals surface area contributed by atoms with Crippen molar-refractivity contribution in [3.05, 3.63) is 46.8 Å². The molecule has 2 atom stereocenters. The third-order valence-electron chi connectivity index (χ3n) is 7.33. The Kier molecular flexibility index (Phi) is 12.5. The van der Waals surface area contributed by atoms with Gasteiger partial charge < -0.3 is 19.7 Å². The number of halogens is 5. The first kappa shape index (κ1) is 37.9. The number of carbonyl (C=O) groups is 5. The van der Waals surface area contributed by atoms with Crippen molar-refractivity contribution in [2.45, 2.75) is 52.8 Å². The minimum atomic E-state index is -6.26. The second-order valence-corrected chi connectivity index (χ2v) is 12.5. The van der Waals surface area contributed by atoms with Crippen LogP contribution in [0.5, 0.6) is 0 Å². The van der Waals surface area contributed by atoms with Gasteiger partial charge in [-0.05, 0) is 36.1 Å². The molecule has 2 aliphatic heterocycles. The molecule has 0 spiro atoms. The van der Waals surface area contributed by atoms with Crippen LogP contribution in [0.25, 0.3) is 0 Å². The highest BCUT2D eigenvalue weighted by Crippen LogP contribution is 2.45. The number of rotatable bonds is 10. The first-order valence-corrected chi connectivity index (χ1v) is 15.7. The van der Waals surface area contributed by atoms with E-state index in [1.165, 1.54) is 38.1 Å². The molecule has 2 fully saturated rings. The number of hydrogen-bond acceptors (Lipinski definition) is 9. The van der Waals surface area contributed by atoms with Crippen molar-refractivity contribution in [3.8, 4) is 0 Å². The predicted molar refractivity (Wildman–Crippen MR) is 160 cm³/mol. The highest BCUT2D eigenvalue weighted by atomic mass is 32.2. The Morgan fingerprint density at radius 2 is 1.57 bits per heavy atom. The fraction of sp³-hybridized carbons (Fsp3) is 0.567. The maximum absolute atomic E-state index is 15.0. The van der Waals surface area contributed by atoms with Gasteiger partial charge in [-0.25, -0.2) is 4.90 Å². The summed E-state index contributed by atoms with van der Waals surface area (Å²) in [6, 6.07) is 3.86. The average molecular weight is 693 g/mol. The molecule has 1 unspecified atom stereocenters. The molecule has 17 heteroatoms. The molecule has 1 aromatic rings. The van der Waals surface area contributed by atoms with Crippen LogP contribution in [0.1, 0.15) is 55.3 Å². The van der Waals surface area contributed by atoms with Crippen LogP contribution in [-0.2, 0) is 23.9 Å². The van der Waals surface area contributed by atoms with Crippen molar-refractivity contribution in [3.63, 3.8) is 0 Å². The largest absolute Gasteiger partial charge is 0.461 e. The molecule has 4 amide bonds. The van der Waals surface area contributed by atoms with Crippen LogP contribution in [0.15, 0.2) is 35.7 Å². The number of alkyl halides is 5.